The minimum atomic E-state index is -2.50. The first kappa shape index (κ1) is 17.3. The summed E-state index contributed by atoms with van der Waals surface area (Å²) in [5.41, 5.74) is 0.413. The van der Waals surface area contributed by atoms with Gasteiger partial charge in [-0.2, -0.15) is 0 Å². The normalized spacial score (nSPS) is 13.2. The average molecular weight is 276 g/mol. The lowest BCUT2D eigenvalue weighted by Gasteiger charge is -2.24. The molecule has 0 aliphatic rings. The Morgan fingerprint density at radius 3 is 2.11 bits per heavy atom. The Morgan fingerprint density at radius 1 is 1.22 bits per heavy atom. The summed E-state index contributed by atoms with van der Waals surface area (Å²) in [5, 5.41) is 0. The van der Waals surface area contributed by atoms with Gasteiger partial charge in [0.05, 0.1) is 6.10 Å². The first-order chi connectivity index (χ1) is 8.40. The van der Waals surface area contributed by atoms with E-state index in [2.05, 4.69) is 6.58 Å². The van der Waals surface area contributed by atoms with E-state index in [1.807, 2.05) is 6.92 Å². The quantitative estimate of drug-likeness (QED) is 0.367. The number of ether oxygens (including phenoxy) is 1. The van der Waals surface area contributed by atoms with E-state index in [4.69, 9.17) is 18.0 Å². The topological polar surface area (TPSA) is 54.0 Å². The molecule has 0 saturated heterocycles. The summed E-state index contributed by atoms with van der Waals surface area (Å²) in [6.45, 7) is 7.03. The van der Waals surface area contributed by atoms with Gasteiger partial charge in [-0.15, -0.1) is 0 Å². The molecule has 0 amide bonds. The summed E-state index contributed by atoms with van der Waals surface area (Å²) in [4.78, 5) is 11.3. The Balaban J connectivity index is 4.03. The molecule has 0 aromatic heterocycles. The molecule has 0 aromatic carbocycles. The van der Waals surface area contributed by atoms with Crippen LogP contribution in [-0.2, 0) is 22.8 Å². The lowest BCUT2D eigenvalue weighted by Crippen LogP contribution is -2.42. The maximum Gasteiger partial charge on any atom is 0.500 e. The second-order valence-electron chi connectivity index (χ2n) is 4.18. The third-order valence-electron chi connectivity index (χ3n) is 2.68. The van der Waals surface area contributed by atoms with Crippen molar-refractivity contribution in [3.05, 3.63) is 12.2 Å². The summed E-state index contributed by atoms with van der Waals surface area (Å²) < 4.78 is 21.1. The van der Waals surface area contributed by atoms with Crippen LogP contribution in [0.15, 0.2) is 12.2 Å². The number of hydrogen-bond donors (Lipinski definition) is 0. The molecule has 1 atom stereocenters. The van der Waals surface area contributed by atoms with Gasteiger partial charge in [0.25, 0.3) is 0 Å². The van der Waals surface area contributed by atoms with Gasteiger partial charge in [0.1, 0.15) is 0 Å². The van der Waals surface area contributed by atoms with Crippen LogP contribution in [0.4, 0.5) is 0 Å². The molecule has 0 heterocycles. The molecular weight excluding hydrogens is 252 g/mol. The second-order valence-corrected chi connectivity index (χ2v) is 7.27. The average Bonchev–Trinajstić information content (AvgIpc) is 2.35. The minimum absolute atomic E-state index is 0.147. The molecule has 0 rings (SSSR count). The van der Waals surface area contributed by atoms with Crippen LogP contribution in [0.5, 0.6) is 0 Å². The molecule has 0 spiro atoms. The van der Waals surface area contributed by atoms with Gasteiger partial charge in [0.2, 0.25) is 0 Å². The molecule has 5 nitrogen and oxygen atoms in total. The largest absolute Gasteiger partial charge is 0.500 e. The van der Waals surface area contributed by atoms with Gasteiger partial charge in [-0.1, -0.05) is 6.58 Å². The van der Waals surface area contributed by atoms with Crippen molar-refractivity contribution in [2.75, 3.05) is 21.3 Å². The smallest absolute Gasteiger partial charge is 0.459 e. The van der Waals surface area contributed by atoms with E-state index in [1.54, 1.807) is 28.3 Å². The highest BCUT2D eigenvalue weighted by atomic mass is 28.4. The molecule has 0 N–H and O–H groups in total. The lowest BCUT2D eigenvalue weighted by atomic mass is 10.2. The summed E-state index contributed by atoms with van der Waals surface area (Å²) >= 11 is 0. The molecule has 0 bridgehead atoms. The molecule has 18 heavy (non-hydrogen) atoms. The van der Waals surface area contributed by atoms with Gasteiger partial charge in [-0.05, 0) is 26.7 Å². The van der Waals surface area contributed by atoms with E-state index in [-0.39, 0.29) is 12.1 Å². The number of rotatable bonds is 9. The van der Waals surface area contributed by atoms with Crippen LogP contribution in [-0.4, -0.2) is 42.2 Å². The summed E-state index contributed by atoms with van der Waals surface area (Å²) in [6, 6.07) is 0.700. The fourth-order valence-corrected chi connectivity index (χ4v) is 3.25. The van der Waals surface area contributed by atoms with Gasteiger partial charge in [0, 0.05) is 32.9 Å². The van der Waals surface area contributed by atoms with Crippen molar-refractivity contribution in [1.82, 2.24) is 0 Å². The highest BCUT2D eigenvalue weighted by Crippen LogP contribution is 2.18. The number of carbonyl (C=O) groups excluding carboxylic acids is 1. The molecule has 106 valence electrons. The van der Waals surface area contributed by atoms with Crippen LogP contribution in [0, 0.1) is 0 Å². The van der Waals surface area contributed by atoms with Crippen molar-refractivity contribution in [2.45, 2.75) is 38.8 Å². The Labute approximate surface area is 110 Å². The lowest BCUT2D eigenvalue weighted by molar-refractivity contribution is -0.143. The Morgan fingerprint density at radius 2 is 1.72 bits per heavy atom. The fraction of sp³-hybridized carbons (Fsp3) is 0.750. The first-order valence-electron chi connectivity index (χ1n) is 5.92. The summed E-state index contributed by atoms with van der Waals surface area (Å²) in [7, 11) is 2.26. The molecule has 0 fully saturated rings. The van der Waals surface area contributed by atoms with Crippen LogP contribution in [0.1, 0.15) is 26.7 Å². The van der Waals surface area contributed by atoms with Crippen molar-refractivity contribution in [3.63, 3.8) is 0 Å². The molecular formula is C12H24O5Si. The van der Waals surface area contributed by atoms with Crippen molar-refractivity contribution in [2.24, 2.45) is 0 Å². The van der Waals surface area contributed by atoms with Crippen molar-refractivity contribution in [1.29, 1.82) is 0 Å². The molecule has 0 saturated carbocycles. The van der Waals surface area contributed by atoms with Crippen molar-refractivity contribution in [3.8, 4) is 0 Å². The third-order valence-corrected chi connectivity index (χ3v) is 5.52. The zero-order valence-corrected chi connectivity index (χ0v) is 12.9. The van der Waals surface area contributed by atoms with Gasteiger partial charge in [-0.25, -0.2) is 4.79 Å². The Bertz CT molecular complexity index is 267. The van der Waals surface area contributed by atoms with E-state index in [9.17, 15) is 4.79 Å². The minimum Gasteiger partial charge on any atom is -0.459 e. The van der Waals surface area contributed by atoms with E-state index < -0.39 is 8.80 Å². The maximum atomic E-state index is 11.3. The van der Waals surface area contributed by atoms with Crippen molar-refractivity contribution >= 4 is 14.8 Å². The maximum absolute atomic E-state index is 11.3. The van der Waals surface area contributed by atoms with Gasteiger partial charge in [-0.3, -0.25) is 0 Å². The van der Waals surface area contributed by atoms with Crippen LogP contribution in [0.3, 0.4) is 0 Å². The van der Waals surface area contributed by atoms with E-state index in [1.165, 1.54) is 0 Å². The number of esters is 1. The highest BCUT2D eigenvalue weighted by molar-refractivity contribution is 6.60. The monoisotopic (exact) mass is 276 g/mol. The zero-order chi connectivity index (χ0) is 14.2. The van der Waals surface area contributed by atoms with E-state index in [0.29, 0.717) is 11.6 Å². The van der Waals surface area contributed by atoms with Gasteiger partial charge < -0.3 is 18.0 Å². The molecule has 0 aliphatic heterocycles. The van der Waals surface area contributed by atoms with Crippen LogP contribution in [0.2, 0.25) is 6.04 Å². The summed E-state index contributed by atoms with van der Waals surface area (Å²) in [5.74, 6) is -0.351. The van der Waals surface area contributed by atoms with Crippen LogP contribution in [0.25, 0.3) is 0 Å². The molecule has 0 aliphatic carbocycles. The molecule has 6 heteroatoms. The fourth-order valence-electron chi connectivity index (χ4n) is 1.50. The summed E-state index contributed by atoms with van der Waals surface area (Å²) in [6.07, 6.45) is 1.41. The van der Waals surface area contributed by atoms with Gasteiger partial charge in [0.15, 0.2) is 0 Å². The standard InChI is InChI=1S/C12H24O5Si/c1-10(2)12(13)17-11(3)8-7-9-18(14-4,15-5)16-6/h11H,1,7-9H2,2-6H3. The predicted octanol–water partition coefficient (Wildman–Crippen LogP) is 2.15. The molecule has 0 aromatic rings. The number of hydrogen-bond acceptors (Lipinski definition) is 5. The zero-order valence-electron chi connectivity index (χ0n) is 11.9. The van der Waals surface area contributed by atoms with E-state index in [0.717, 1.165) is 12.8 Å². The Kier molecular flexibility index (Phi) is 8.09. The SMILES string of the molecule is C=C(C)C(=O)OC(C)CCC[Si](OC)(OC)OC. The van der Waals surface area contributed by atoms with Crippen LogP contribution >= 0.6 is 0 Å². The molecule has 0 radical (unpaired) electrons. The van der Waals surface area contributed by atoms with E-state index >= 15 is 0 Å². The van der Waals surface area contributed by atoms with Gasteiger partial charge >= 0.3 is 14.8 Å². The number of carbonyl (C=O) groups is 1. The first-order valence-corrected chi connectivity index (χ1v) is 7.86. The Hall–Kier alpha value is -0.693. The third kappa shape index (κ3) is 5.77. The van der Waals surface area contributed by atoms with Crippen LogP contribution < -0.4 is 0 Å². The second kappa shape index (κ2) is 8.42. The highest BCUT2D eigenvalue weighted by Gasteiger charge is 2.37. The molecule has 1 unspecified atom stereocenters. The van der Waals surface area contributed by atoms with Crippen molar-refractivity contribution < 1.29 is 22.8 Å². The predicted molar refractivity (Wildman–Crippen MR) is 71.2 cm³/mol.